The maximum absolute atomic E-state index is 15.8. The number of hydrogen-bond donors (Lipinski definition) is 1. The van der Waals surface area contributed by atoms with E-state index in [4.69, 9.17) is 18.9 Å². The zero-order valence-electron chi connectivity index (χ0n) is 25.3. The molecule has 0 bridgehead atoms. The molecule has 0 radical (unpaired) electrons. The van der Waals surface area contributed by atoms with Crippen molar-refractivity contribution in [1.82, 2.24) is 9.88 Å². The van der Waals surface area contributed by atoms with E-state index in [0.717, 1.165) is 22.9 Å². The maximum atomic E-state index is 15.8. The third-order valence-electron chi connectivity index (χ3n) is 8.16. The minimum atomic E-state index is -1.57. The molecule has 2 heterocycles. The molecule has 0 amide bonds. The molecule has 2 aromatic carbocycles. The number of aromatic amines is 1. The van der Waals surface area contributed by atoms with E-state index in [1.165, 1.54) is 26.0 Å². The Labute approximate surface area is 250 Å². The van der Waals surface area contributed by atoms with Gasteiger partial charge in [0.2, 0.25) is 0 Å². The zero-order valence-corrected chi connectivity index (χ0v) is 25.3. The predicted octanol–water partition coefficient (Wildman–Crippen LogP) is 6.14. The first-order chi connectivity index (χ1) is 20.6. The molecule has 5 rings (SSSR count). The standard InChI is InChI=1S/C33H41F3N2O5/c1-5-42-29(39)18-41-17-22-13-21(22)16-40-10-11-43-23-14-26(34)30(27(35)15-23)32-31-25(24-8-6-7-9-28(24)37-31)12-20(2)38(32)19-33(3,4)36/h6-9,14-15,20-22,32,37H,5,10-13,16-19H2,1-4H3/t20-,21-,22+,32-/m1/s1. The SMILES string of the molecule is CCOC(=O)COC[C@@H]1C[C@@H]1COCCOc1cc(F)c([C@@H]2c3[nH]c4ccccc4c3C[C@@H](C)N2CC(C)(C)F)c(F)c1. The number of esters is 1. The summed E-state index contributed by atoms with van der Waals surface area (Å²) in [5.41, 5.74) is 0.877. The van der Waals surface area contributed by atoms with Gasteiger partial charge in [0.25, 0.3) is 0 Å². The molecule has 0 saturated heterocycles. The second-order valence-corrected chi connectivity index (χ2v) is 12.2. The molecule has 43 heavy (non-hydrogen) atoms. The molecule has 1 aliphatic carbocycles. The Bertz CT molecular complexity index is 1400. The molecule has 1 N–H and O–H groups in total. The van der Waals surface area contributed by atoms with Crippen molar-refractivity contribution in [3.8, 4) is 5.75 Å². The second kappa shape index (κ2) is 13.3. The Morgan fingerprint density at radius 3 is 2.47 bits per heavy atom. The molecule has 0 unspecified atom stereocenters. The summed E-state index contributed by atoms with van der Waals surface area (Å²) in [6, 6.07) is 9.20. The van der Waals surface area contributed by atoms with Crippen molar-refractivity contribution in [2.24, 2.45) is 11.8 Å². The fraction of sp³-hybridized carbons (Fsp3) is 0.545. The average Bonchev–Trinajstić information content (AvgIpc) is 3.58. The van der Waals surface area contributed by atoms with Crippen molar-refractivity contribution >= 4 is 16.9 Å². The van der Waals surface area contributed by atoms with Crippen molar-refractivity contribution in [1.29, 1.82) is 0 Å². The van der Waals surface area contributed by atoms with Crippen LogP contribution in [-0.2, 0) is 25.4 Å². The lowest BCUT2D eigenvalue weighted by atomic mass is 9.87. The normalized spacial score (nSPS) is 22.0. The van der Waals surface area contributed by atoms with E-state index in [2.05, 4.69) is 4.98 Å². The third-order valence-corrected chi connectivity index (χ3v) is 8.16. The molecule has 234 valence electrons. The van der Waals surface area contributed by atoms with Crippen LogP contribution >= 0.6 is 0 Å². The Morgan fingerprint density at radius 2 is 1.77 bits per heavy atom. The van der Waals surface area contributed by atoms with Crippen molar-refractivity contribution < 1.29 is 36.9 Å². The lowest BCUT2D eigenvalue weighted by molar-refractivity contribution is -0.148. The van der Waals surface area contributed by atoms with Gasteiger partial charge >= 0.3 is 5.97 Å². The van der Waals surface area contributed by atoms with Crippen molar-refractivity contribution in [3.05, 3.63) is 64.9 Å². The van der Waals surface area contributed by atoms with Gasteiger partial charge in [0.1, 0.15) is 36.3 Å². The molecule has 1 saturated carbocycles. The molecule has 1 aliphatic heterocycles. The minimum Gasteiger partial charge on any atom is -0.491 e. The highest BCUT2D eigenvalue weighted by Gasteiger charge is 2.41. The van der Waals surface area contributed by atoms with Gasteiger partial charge in [-0.15, -0.1) is 0 Å². The van der Waals surface area contributed by atoms with Crippen LogP contribution in [0.1, 0.15) is 57.0 Å². The van der Waals surface area contributed by atoms with Gasteiger partial charge in [-0.2, -0.15) is 0 Å². The number of hydrogen-bond acceptors (Lipinski definition) is 6. The number of H-pyrrole nitrogens is 1. The van der Waals surface area contributed by atoms with Crippen LogP contribution in [0.2, 0.25) is 0 Å². The monoisotopic (exact) mass is 602 g/mol. The lowest BCUT2D eigenvalue weighted by Gasteiger charge is -2.43. The molecule has 2 aliphatic rings. The number of fused-ring (bicyclic) bond motifs is 3. The van der Waals surface area contributed by atoms with E-state index in [9.17, 15) is 9.18 Å². The van der Waals surface area contributed by atoms with Crippen LogP contribution in [0.15, 0.2) is 36.4 Å². The van der Waals surface area contributed by atoms with Crippen molar-refractivity contribution in [2.45, 2.75) is 58.3 Å². The molecule has 1 fully saturated rings. The lowest BCUT2D eigenvalue weighted by Crippen LogP contribution is -2.48. The quantitative estimate of drug-likeness (QED) is 0.177. The van der Waals surface area contributed by atoms with Crippen LogP contribution in [0.4, 0.5) is 13.2 Å². The number of aromatic nitrogens is 1. The number of halogens is 3. The second-order valence-electron chi connectivity index (χ2n) is 12.2. The van der Waals surface area contributed by atoms with Crippen LogP contribution in [0.5, 0.6) is 5.75 Å². The van der Waals surface area contributed by atoms with Gasteiger partial charge < -0.3 is 23.9 Å². The molecule has 0 spiro atoms. The summed E-state index contributed by atoms with van der Waals surface area (Å²) >= 11 is 0. The Morgan fingerprint density at radius 1 is 1.07 bits per heavy atom. The summed E-state index contributed by atoms with van der Waals surface area (Å²) in [7, 11) is 0. The highest BCUT2D eigenvalue weighted by molar-refractivity contribution is 5.85. The summed E-state index contributed by atoms with van der Waals surface area (Å²) in [6.45, 7) is 8.36. The molecule has 1 aromatic heterocycles. The summed E-state index contributed by atoms with van der Waals surface area (Å²) in [4.78, 5) is 16.6. The summed E-state index contributed by atoms with van der Waals surface area (Å²) in [5.74, 6) is -1.10. The summed E-state index contributed by atoms with van der Waals surface area (Å²) in [5, 5.41) is 1.01. The van der Waals surface area contributed by atoms with Gasteiger partial charge in [-0.3, -0.25) is 4.90 Å². The number of carbonyl (C=O) groups is 1. The highest BCUT2D eigenvalue weighted by Crippen LogP contribution is 2.44. The number of para-hydroxylation sites is 1. The van der Waals surface area contributed by atoms with Gasteiger partial charge in [0, 0.05) is 53.5 Å². The molecule has 7 nitrogen and oxygen atoms in total. The summed E-state index contributed by atoms with van der Waals surface area (Å²) < 4.78 is 68.1. The first-order valence-corrected chi connectivity index (χ1v) is 15.0. The van der Waals surface area contributed by atoms with Crippen LogP contribution in [-0.4, -0.2) is 73.7 Å². The van der Waals surface area contributed by atoms with E-state index >= 15 is 8.78 Å². The van der Waals surface area contributed by atoms with Crippen LogP contribution in [0, 0.1) is 23.5 Å². The molecule has 3 aromatic rings. The van der Waals surface area contributed by atoms with Gasteiger partial charge in [-0.1, -0.05) is 18.2 Å². The number of nitrogens with one attached hydrogen (secondary N) is 1. The van der Waals surface area contributed by atoms with Gasteiger partial charge in [0.15, 0.2) is 0 Å². The number of alkyl halides is 1. The predicted molar refractivity (Wildman–Crippen MR) is 157 cm³/mol. The zero-order chi connectivity index (χ0) is 30.7. The Kier molecular flexibility index (Phi) is 9.68. The van der Waals surface area contributed by atoms with Gasteiger partial charge in [-0.25, -0.2) is 18.0 Å². The van der Waals surface area contributed by atoms with Crippen molar-refractivity contribution in [2.75, 3.05) is 46.2 Å². The Balaban J connectivity index is 1.22. The first kappa shape index (κ1) is 31.3. The van der Waals surface area contributed by atoms with Crippen LogP contribution in [0.3, 0.4) is 0 Å². The largest absolute Gasteiger partial charge is 0.491 e. The van der Waals surface area contributed by atoms with Gasteiger partial charge in [-0.05, 0) is 64.0 Å². The number of carbonyl (C=O) groups excluding carboxylic acids is 1. The van der Waals surface area contributed by atoms with Crippen LogP contribution in [0.25, 0.3) is 10.9 Å². The number of ether oxygens (including phenoxy) is 4. The first-order valence-electron chi connectivity index (χ1n) is 15.0. The van der Waals surface area contributed by atoms with E-state index in [-0.39, 0.29) is 49.7 Å². The average molecular weight is 603 g/mol. The highest BCUT2D eigenvalue weighted by atomic mass is 19.1. The topological polar surface area (TPSA) is 73.0 Å². The molecule has 10 heteroatoms. The molecule has 4 atom stereocenters. The van der Waals surface area contributed by atoms with E-state index in [1.807, 2.05) is 36.1 Å². The number of benzene rings is 2. The number of nitrogens with zero attached hydrogens (tertiary/aromatic N) is 1. The fourth-order valence-electron chi connectivity index (χ4n) is 6.07. The van der Waals surface area contributed by atoms with Crippen molar-refractivity contribution in [3.63, 3.8) is 0 Å². The van der Waals surface area contributed by atoms with Gasteiger partial charge in [0.05, 0.1) is 25.9 Å². The van der Waals surface area contributed by atoms with E-state index in [0.29, 0.717) is 43.8 Å². The third kappa shape index (κ3) is 7.53. The Hall–Kier alpha value is -3.08. The number of rotatable bonds is 14. The van der Waals surface area contributed by atoms with E-state index < -0.39 is 23.3 Å². The molecular weight excluding hydrogens is 561 g/mol. The maximum Gasteiger partial charge on any atom is 0.332 e. The minimum absolute atomic E-state index is 0.0154. The smallest absolute Gasteiger partial charge is 0.332 e. The fourth-order valence-corrected chi connectivity index (χ4v) is 6.07. The van der Waals surface area contributed by atoms with Crippen LogP contribution < -0.4 is 4.74 Å². The summed E-state index contributed by atoms with van der Waals surface area (Å²) in [6.07, 6.45) is 1.59. The molecular formula is C33H41F3N2O5. The van der Waals surface area contributed by atoms with E-state index in [1.54, 1.807) is 6.92 Å².